The second-order valence-corrected chi connectivity index (χ2v) is 3.50. The maximum absolute atomic E-state index is 4.38. The molecule has 0 atom stereocenters. The predicted molar refractivity (Wildman–Crippen MR) is 51.0 cm³/mol. The van der Waals surface area contributed by atoms with E-state index < -0.39 is 0 Å². The molecular formula is C10H10S. The molecule has 0 fully saturated rings. The molecule has 0 heterocycles. The Morgan fingerprint density at radius 2 is 2.18 bits per heavy atom. The van der Waals surface area contributed by atoms with E-state index in [-0.39, 0.29) is 0 Å². The second-order valence-electron chi connectivity index (χ2n) is 3.02. The summed E-state index contributed by atoms with van der Waals surface area (Å²) in [7, 11) is 0. The summed E-state index contributed by atoms with van der Waals surface area (Å²) in [6, 6.07) is 6.27. The monoisotopic (exact) mass is 162 g/mol. The Bertz CT molecular complexity index is 324. The molecule has 1 aromatic rings. The van der Waals surface area contributed by atoms with Gasteiger partial charge >= 0.3 is 0 Å². The Hall–Kier alpha value is -0.690. The fourth-order valence-corrected chi connectivity index (χ4v) is 1.81. The minimum Gasteiger partial charge on any atom is -0.143 e. The van der Waals surface area contributed by atoms with Crippen molar-refractivity contribution in [3.05, 3.63) is 34.9 Å². The lowest BCUT2D eigenvalue weighted by molar-refractivity contribution is 1.18. The summed E-state index contributed by atoms with van der Waals surface area (Å²) in [5.74, 6) is 0. The van der Waals surface area contributed by atoms with Gasteiger partial charge in [0.2, 0.25) is 0 Å². The van der Waals surface area contributed by atoms with Gasteiger partial charge in [-0.15, -0.1) is 12.6 Å². The summed E-state index contributed by atoms with van der Waals surface area (Å²) in [6.45, 7) is 2.16. The fraction of sp³-hybridized carbons (Fsp3) is 0.200. The summed E-state index contributed by atoms with van der Waals surface area (Å²) < 4.78 is 0. The maximum Gasteiger partial charge on any atom is 0.0115 e. The molecule has 0 saturated carbocycles. The molecule has 0 aromatic heterocycles. The lowest BCUT2D eigenvalue weighted by Crippen LogP contribution is -1.82. The molecule has 0 amide bonds. The van der Waals surface area contributed by atoms with Crippen LogP contribution in [0.1, 0.15) is 18.1 Å². The van der Waals surface area contributed by atoms with Crippen LogP contribution in [0.3, 0.4) is 0 Å². The van der Waals surface area contributed by atoms with Gasteiger partial charge in [0.1, 0.15) is 0 Å². The molecule has 1 aromatic carbocycles. The van der Waals surface area contributed by atoms with E-state index in [0.717, 1.165) is 11.3 Å². The highest BCUT2D eigenvalue weighted by atomic mass is 32.1. The van der Waals surface area contributed by atoms with Crippen LogP contribution in [0.2, 0.25) is 0 Å². The molecule has 0 spiro atoms. The number of allylic oxidation sites excluding steroid dienone is 1. The van der Waals surface area contributed by atoms with Crippen LogP contribution in [-0.2, 0) is 6.42 Å². The van der Waals surface area contributed by atoms with Gasteiger partial charge in [-0.25, -0.2) is 0 Å². The van der Waals surface area contributed by atoms with E-state index >= 15 is 0 Å². The van der Waals surface area contributed by atoms with Crippen LogP contribution in [-0.4, -0.2) is 0 Å². The summed E-state index contributed by atoms with van der Waals surface area (Å²) in [4.78, 5) is 1.10. The van der Waals surface area contributed by atoms with Crippen molar-refractivity contribution in [3.8, 4) is 0 Å². The zero-order valence-corrected chi connectivity index (χ0v) is 7.36. The first-order valence-corrected chi connectivity index (χ1v) is 4.20. The van der Waals surface area contributed by atoms with Crippen molar-refractivity contribution in [2.45, 2.75) is 18.2 Å². The van der Waals surface area contributed by atoms with E-state index in [1.807, 2.05) is 6.07 Å². The van der Waals surface area contributed by atoms with E-state index in [1.54, 1.807) is 0 Å². The Morgan fingerprint density at radius 1 is 1.36 bits per heavy atom. The SMILES string of the molecule is CC1=Cc2c(S)cccc2C1. The normalized spacial score (nSPS) is 14.5. The molecule has 1 aliphatic carbocycles. The number of hydrogen-bond acceptors (Lipinski definition) is 1. The van der Waals surface area contributed by atoms with Crippen LogP contribution in [0.25, 0.3) is 6.08 Å². The first kappa shape index (κ1) is 6.99. The zero-order chi connectivity index (χ0) is 7.84. The maximum atomic E-state index is 4.38. The second kappa shape index (κ2) is 2.42. The molecule has 1 heteroatoms. The van der Waals surface area contributed by atoms with E-state index in [2.05, 4.69) is 37.8 Å². The van der Waals surface area contributed by atoms with Gasteiger partial charge in [-0.2, -0.15) is 0 Å². The Labute approximate surface area is 72.4 Å². The summed E-state index contributed by atoms with van der Waals surface area (Å²) in [6.07, 6.45) is 3.32. The van der Waals surface area contributed by atoms with Crippen LogP contribution in [0.4, 0.5) is 0 Å². The zero-order valence-electron chi connectivity index (χ0n) is 6.46. The Balaban J connectivity index is 2.61. The lowest BCUT2D eigenvalue weighted by atomic mass is 10.1. The van der Waals surface area contributed by atoms with Crippen molar-refractivity contribution in [3.63, 3.8) is 0 Å². The molecule has 1 aliphatic rings. The van der Waals surface area contributed by atoms with Gasteiger partial charge in [0.05, 0.1) is 0 Å². The van der Waals surface area contributed by atoms with Crippen molar-refractivity contribution < 1.29 is 0 Å². The van der Waals surface area contributed by atoms with Crippen LogP contribution in [0, 0.1) is 0 Å². The van der Waals surface area contributed by atoms with Crippen LogP contribution < -0.4 is 0 Å². The third kappa shape index (κ3) is 1.10. The molecule has 0 nitrogen and oxygen atoms in total. The van der Waals surface area contributed by atoms with Crippen molar-refractivity contribution >= 4 is 18.7 Å². The highest BCUT2D eigenvalue weighted by Crippen LogP contribution is 2.29. The summed E-state index contributed by atoms with van der Waals surface area (Å²) in [5.41, 5.74) is 4.16. The summed E-state index contributed by atoms with van der Waals surface area (Å²) >= 11 is 4.38. The quantitative estimate of drug-likeness (QED) is 0.557. The van der Waals surface area contributed by atoms with Crippen molar-refractivity contribution in [1.29, 1.82) is 0 Å². The average Bonchev–Trinajstić information content (AvgIpc) is 2.31. The Morgan fingerprint density at radius 3 is 2.91 bits per heavy atom. The largest absolute Gasteiger partial charge is 0.143 e. The van der Waals surface area contributed by atoms with Crippen LogP contribution >= 0.6 is 12.6 Å². The highest BCUT2D eigenvalue weighted by Gasteiger charge is 2.10. The predicted octanol–water partition coefficient (Wildman–Crippen LogP) is 2.93. The van der Waals surface area contributed by atoms with Crippen LogP contribution in [0.15, 0.2) is 28.7 Å². The standard InChI is InChI=1S/C10H10S/c1-7-5-8-3-2-4-10(11)9(8)6-7/h2-4,6,11H,5H2,1H3. The molecular weight excluding hydrogens is 152 g/mol. The van der Waals surface area contributed by atoms with Gasteiger partial charge in [-0.1, -0.05) is 23.8 Å². The lowest BCUT2D eigenvalue weighted by Gasteiger charge is -1.99. The number of thiol groups is 1. The smallest absolute Gasteiger partial charge is 0.0115 e. The molecule has 2 rings (SSSR count). The van der Waals surface area contributed by atoms with Gasteiger partial charge in [0, 0.05) is 4.90 Å². The minimum absolute atomic E-state index is 1.10. The van der Waals surface area contributed by atoms with E-state index in [0.29, 0.717) is 0 Å². The van der Waals surface area contributed by atoms with E-state index in [9.17, 15) is 0 Å². The molecule has 0 aliphatic heterocycles. The molecule has 56 valence electrons. The topological polar surface area (TPSA) is 0 Å². The van der Waals surface area contributed by atoms with Gasteiger partial charge in [-0.05, 0) is 30.5 Å². The third-order valence-corrected chi connectivity index (χ3v) is 2.42. The molecule has 11 heavy (non-hydrogen) atoms. The molecule has 0 unspecified atom stereocenters. The number of benzene rings is 1. The number of fused-ring (bicyclic) bond motifs is 1. The van der Waals surface area contributed by atoms with Crippen molar-refractivity contribution in [2.24, 2.45) is 0 Å². The first-order chi connectivity index (χ1) is 5.27. The van der Waals surface area contributed by atoms with Crippen molar-refractivity contribution in [2.75, 3.05) is 0 Å². The molecule has 0 N–H and O–H groups in total. The number of rotatable bonds is 0. The number of hydrogen-bond donors (Lipinski definition) is 1. The van der Waals surface area contributed by atoms with E-state index in [4.69, 9.17) is 0 Å². The average molecular weight is 162 g/mol. The minimum atomic E-state index is 1.10. The molecule has 0 radical (unpaired) electrons. The van der Waals surface area contributed by atoms with E-state index in [1.165, 1.54) is 16.7 Å². The molecule has 0 saturated heterocycles. The highest BCUT2D eigenvalue weighted by molar-refractivity contribution is 7.80. The first-order valence-electron chi connectivity index (χ1n) is 3.75. The Kier molecular flexibility index (Phi) is 1.53. The van der Waals surface area contributed by atoms with Gasteiger partial charge < -0.3 is 0 Å². The summed E-state index contributed by atoms with van der Waals surface area (Å²) in [5, 5.41) is 0. The molecule has 0 bridgehead atoms. The van der Waals surface area contributed by atoms with Crippen LogP contribution in [0.5, 0.6) is 0 Å². The fourth-order valence-electron chi connectivity index (χ4n) is 1.52. The van der Waals surface area contributed by atoms with Gasteiger partial charge in [-0.3, -0.25) is 0 Å². The van der Waals surface area contributed by atoms with Gasteiger partial charge in [0.25, 0.3) is 0 Å². The van der Waals surface area contributed by atoms with Crippen molar-refractivity contribution in [1.82, 2.24) is 0 Å². The third-order valence-electron chi connectivity index (χ3n) is 2.03. The van der Waals surface area contributed by atoms with Gasteiger partial charge in [0.15, 0.2) is 0 Å².